The van der Waals surface area contributed by atoms with E-state index in [1.807, 2.05) is 0 Å². The number of unbranched alkanes of at least 4 members (excludes halogenated alkanes) is 6. The Morgan fingerprint density at radius 2 is 1.45 bits per heavy atom. The van der Waals surface area contributed by atoms with E-state index in [2.05, 4.69) is 4.72 Å². The van der Waals surface area contributed by atoms with Gasteiger partial charge in [-0.1, -0.05) is 44.2 Å². The normalized spacial score (nSPS) is 11.8. The highest BCUT2D eigenvalue weighted by Gasteiger charge is 2.26. The minimum atomic E-state index is -4.13. The van der Waals surface area contributed by atoms with Gasteiger partial charge in [0.2, 0.25) is 0 Å². The third-order valence-electron chi connectivity index (χ3n) is 4.83. The molecule has 33 heavy (non-hydrogen) atoms. The molecule has 2 aromatic rings. The predicted molar refractivity (Wildman–Crippen MR) is 119 cm³/mol. The highest BCUT2D eigenvalue weighted by Crippen LogP contribution is 2.26. The van der Waals surface area contributed by atoms with Gasteiger partial charge < -0.3 is 4.74 Å². The van der Waals surface area contributed by atoms with Crippen molar-refractivity contribution in [1.82, 2.24) is 0 Å². The number of anilines is 1. The zero-order valence-electron chi connectivity index (χ0n) is 18.0. The number of para-hydroxylation sites is 1. The van der Waals surface area contributed by atoms with Gasteiger partial charge in [-0.3, -0.25) is 14.8 Å². The molecule has 0 amide bonds. The van der Waals surface area contributed by atoms with E-state index in [-0.39, 0.29) is 12.1 Å². The summed E-state index contributed by atoms with van der Waals surface area (Å²) in [6.07, 6.45) is 0.316. The molecule has 182 valence electrons. The Hall–Kier alpha value is -2.82. The van der Waals surface area contributed by atoms with Crippen LogP contribution < -0.4 is 9.46 Å². The summed E-state index contributed by atoms with van der Waals surface area (Å²) in [5.74, 6) is 0.552. The van der Waals surface area contributed by atoms with Crippen molar-refractivity contribution in [2.45, 2.75) is 62.4 Å². The van der Waals surface area contributed by atoms with E-state index < -0.39 is 38.1 Å². The fourth-order valence-electron chi connectivity index (χ4n) is 3.17. The lowest BCUT2D eigenvalue weighted by Gasteiger charge is -2.10. The second-order valence-corrected chi connectivity index (χ2v) is 9.19. The Morgan fingerprint density at radius 1 is 0.879 bits per heavy atom. The fourth-order valence-corrected chi connectivity index (χ4v) is 4.40. The third-order valence-corrected chi connectivity index (χ3v) is 6.26. The molecule has 0 bridgehead atoms. The van der Waals surface area contributed by atoms with Gasteiger partial charge in [0.05, 0.1) is 11.5 Å². The summed E-state index contributed by atoms with van der Waals surface area (Å²) in [7, 11) is -4.13. The second kappa shape index (κ2) is 12.4. The smallest absolute Gasteiger partial charge is 0.389 e. The van der Waals surface area contributed by atoms with Gasteiger partial charge in [0.1, 0.15) is 5.75 Å². The summed E-state index contributed by atoms with van der Waals surface area (Å²) >= 11 is 0. The molecule has 1 N–H and O–H groups in total. The number of alkyl halides is 3. The van der Waals surface area contributed by atoms with Gasteiger partial charge in [-0.15, -0.1) is 0 Å². The monoisotopic (exact) mass is 488 g/mol. The van der Waals surface area contributed by atoms with Crippen LogP contribution in [-0.4, -0.2) is 26.1 Å². The van der Waals surface area contributed by atoms with Gasteiger partial charge in [-0.25, -0.2) is 8.42 Å². The molecule has 7 nitrogen and oxygen atoms in total. The molecular formula is C22H27F3N2O5S. The highest BCUT2D eigenvalue weighted by molar-refractivity contribution is 7.92. The molecule has 0 aliphatic carbocycles. The van der Waals surface area contributed by atoms with Crippen molar-refractivity contribution in [3.8, 4) is 5.75 Å². The topological polar surface area (TPSA) is 98.5 Å². The van der Waals surface area contributed by atoms with E-state index in [1.165, 1.54) is 30.3 Å². The molecule has 0 atom stereocenters. The van der Waals surface area contributed by atoms with Crippen LogP contribution in [0.5, 0.6) is 5.75 Å². The summed E-state index contributed by atoms with van der Waals surface area (Å²) in [5.41, 5.74) is -0.266. The van der Waals surface area contributed by atoms with E-state index >= 15 is 0 Å². The summed E-state index contributed by atoms with van der Waals surface area (Å²) in [5, 5.41) is 11.1. The molecular weight excluding hydrogens is 461 g/mol. The third kappa shape index (κ3) is 9.68. The van der Waals surface area contributed by atoms with E-state index in [1.54, 1.807) is 12.1 Å². The Bertz CT molecular complexity index is 996. The van der Waals surface area contributed by atoms with Crippen LogP contribution >= 0.6 is 0 Å². The van der Waals surface area contributed by atoms with Crippen molar-refractivity contribution in [3.63, 3.8) is 0 Å². The molecule has 0 aliphatic rings. The van der Waals surface area contributed by atoms with Crippen LogP contribution in [0.1, 0.15) is 51.4 Å². The van der Waals surface area contributed by atoms with E-state index in [4.69, 9.17) is 4.74 Å². The van der Waals surface area contributed by atoms with Gasteiger partial charge in [0, 0.05) is 18.2 Å². The summed E-state index contributed by atoms with van der Waals surface area (Å²) in [6.45, 7) is 0.468. The highest BCUT2D eigenvalue weighted by atomic mass is 32.2. The maximum atomic E-state index is 12.5. The minimum Gasteiger partial charge on any atom is -0.494 e. The van der Waals surface area contributed by atoms with E-state index in [0.717, 1.165) is 38.2 Å². The maximum absolute atomic E-state index is 12.5. The van der Waals surface area contributed by atoms with Gasteiger partial charge in [-0.05, 0) is 43.2 Å². The zero-order valence-corrected chi connectivity index (χ0v) is 18.8. The van der Waals surface area contributed by atoms with Gasteiger partial charge in [0.25, 0.3) is 15.7 Å². The van der Waals surface area contributed by atoms with Crippen LogP contribution in [0, 0.1) is 10.1 Å². The molecule has 0 spiro atoms. The molecule has 2 rings (SSSR count). The van der Waals surface area contributed by atoms with Crippen LogP contribution in [-0.2, 0) is 10.0 Å². The number of nitro benzene ring substituents is 1. The van der Waals surface area contributed by atoms with Crippen LogP contribution in [0.25, 0.3) is 0 Å². The number of nitrogens with zero attached hydrogens (tertiary/aromatic N) is 1. The Balaban J connectivity index is 1.70. The summed E-state index contributed by atoms with van der Waals surface area (Å²) in [6, 6.07) is 11.3. The van der Waals surface area contributed by atoms with Crippen molar-refractivity contribution in [1.29, 1.82) is 0 Å². The van der Waals surface area contributed by atoms with Crippen LogP contribution in [0.4, 0.5) is 24.5 Å². The van der Waals surface area contributed by atoms with Crippen LogP contribution in [0.3, 0.4) is 0 Å². The number of nitro groups is 1. The molecule has 0 unspecified atom stereocenters. The number of hydrogen-bond acceptors (Lipinski definition) is 5. The Labute approximate surface area is 191 Å². The van der Waals surface area contributed by atoms with Gasteiger partial charge >= 0.3 is 6.18 Å². The first-order valence-corrected chi connectivity index (χ1v) is 12.1. The van der Waals surface area contributed by atoms with Crippen molar-refractivity contribution >= 4 is 21.4 Å². The van der Waals surface area contributed by atoms with Gasteiger partial charge in [-0.2, -0.15) is 13.2 Å². The number of ether oxygens (including phenoxy) is 1. The number of rotatable bonds is 14. The maximum Gasteiger partial charge on any atom is 0.389 e. The molecule has 0 saturated heterocycles. The van der Waals surface area contributed by atoms with E-state index in [9.17, 15) is 31.7 Å². The van der Waals surface area contributed by atoms with Gasteiger partial charge in [0.15, 0.2) is 4.90 Å². The second-order valence-electron chi connectivity index (χ2n) is 7.54. The zero-order chi connectivity index (χ0) is 24.3. The number of benzene rings is 2. The molecule has 2 aromatic carbocycles. The fraction of sp³-hybridized carbons (Fsp3) is 0.455. The average Bonchev–Trinajstić information content (AvgIpc) is 2.75. The quantitative estimate of drug-likeness (QED) is 0.187. The lowest BCUT2D eigenvalue weighted by atomic mass is 10.1. The molecule has 0 heterocycles. The lowest BCUT2D eigenvalue weighted by Crippen LogP contribution is -2.14. The lowest BCUT2D eigenvalue weighted by molar-refractivity contribution is -0.387. The average molecular weight is 489 g/mol. The molecule has 0 aliphatic heterocycles. The predicted octanol–water partition coefficient (Wildman–Crippen LogP) is 6.46. The minimum absolute atomic E-state index is 0.182. The number of sulfonamides is 1. The first kappa shape index (κ1) is 26.4. The van der Waals surface area contributed by atoms with E-state index in [0.29, 0.717) is 18.8 Å². The van der Waals surface area contributed by atoms with Crippen LogP contribution in [0.2, 0.25) is 0 Å². The van der Waals surface area contributed by atoms with Crippen molar-refractivity contribution < 1.29 is 31.2 Å². The number of nitrogens with one attached hydrogen (secondary N) is 1. The summed E-state index contributed by atoms with van der Waals surface area (Å²) < 4.78 is 69.1. The molecule has 0 saturated carbocycles. The largest absolute Gasteiger partial charge is 0.494 e. The summed E-state index contributed by atoms with van der Waals surface area (Å²) in [4.78, 5) is 9.91. The first-order valence-electron chi connectivity index (χ1n) is 10.6. The van der Waals surface area contributed by atoms with Crippen molar-refractivity contribution in [3.05, 3.63) is 58.6 Å². The molecule has 0 radical (unpaired) electrons. The number of halogens is 3. The SMILES string of the molecule is O=[N+]([O-])c1ccccc1S(=O)(=O)Nc1ccc(OCCCCCCCCCC(F)(F)F)cc1. The molecule has 0 aromatic heterocycles. The van der Waals surface area contributed by atoms with Crippen molar-refractivity contribution in [2.75, 3.05) is 11.3 Å². The van der Waals surface area contributed by atoms with Crippen LogP contribution in [0.15, 0.2) is 53.4 Å². The Kier molecular flexibility index (Phi) is 9.95. The first-order chi connectivity index (χ1) is 15.6. The Morgan fingerprint density at radius 3 is 2.06 bits per heavy atom. The number of hydrogen-bond donors (Lipinski definition) is 1. The molecule has 0 fully saturated rings. The standard InChI is InChI=1S/C22H27F3N2O5S/c23-22(24,25)16-8-4-2-1-3-5-9-17-32-19-14-12-18(13-15-19)26-33(30,31)21-11-7-6-10-20(21)27(28)29/h6-7,10-15,26H,1-5,8-9,16-17H2. The van der Waals surface area contributed by atoms with Crippen molar-refractivity contribution in [2.24, 2.45) is 0 Å². The molecule has 11 heteroatoms.